The Morgan fingerprint density at radius 3 is 1.23 bits per heavy atom. The second-order valence-corrected chi connectivity index (χ2v) is 24.6. The lowest BCUT2D eigenvalue weighted by molar-refractivity contribution is 0.875. The predicted octanol–water partition coefficient (Wildman–Crippen LogP) is 8.72. The quantitative estimate of drug-likeness (QED) is 0.226. The van der Waals surface area contributed by atoms with Crippen LogP contribution in [-0.2, 0) is 0 Å². The number of hydrogen-bond acceptors (Lipinski definition) is 2. The largest absolute Gasteiger partial charge is 0.421 e. The van der Waals surface area contributed by atoms with Crippen molar-refractivity contribution in [2.24, 2.45) is 0 Å². The third-order valence-electron chi connectivity index (χ3n) is 6.76. The van der Waals surface area contributed by atoms with Crippen molar-refractivity contribution in [1.29, 1.82) is 0 Å². The molecule has 0 fully saturated rings. The van der Waals surface area contributed by atoms with Gasteiger partial charge in [-0.15, -0.1) is 0 Å². The van der Waals surface area contributed by atoms with E-state index >= 15 is 0 Å². The van der Waals surface area contributed by atoms with Gasteiger partial charge in [-0.3, -0.25) is 4.35 Å². The SMILES string of the molecule is CCC[Si](CCC)(CCC)N(c1cnn([Si](C)(C)C)c1)[Si](CCC)(CCC)CCC. The molecule has 3 nitrogen and oxygen atoms in total. The fourth-order valence-electron chi connectivity index (χ4n) is 6.06. The molecule has 0 saturated heterocycles. The molecule has 30 heavy (non-hydrogen) atoms. The highest BCUT2D eigenvalue weighted by atomic mass is 28.4. The zero-order valence-corrected chi connectivity index (χ0v) is 25.0. The Bertz CT molecular complexity index is 535. The van der Waals surface area contributed by atoms with E-state index in [0.29, 0.717) is 0 Å². The summed E-state index contributed by atoms with van der Waals surface area (Å²) in [4.78, 5) is 0. The minimum Gasteiger partial charge on any atom is -0.421 e. The number of anilines is 1. The van der Waals surface area contributed by atoms with E-state index in [4.69, 9.17) is 5.10 Å². The maximum atomic E-state index is 4.98. The van der Waals surface area contributed by atoms with Crippen molar-refractivity contribution in [3.05, 3.63) is 12.4 Å². The van der Waals surface area contributed by atoms with E-state index in [1.54, 1.807) is 0 Å². The number of hydrogen-bond donors (Lipinski definition) is 0. The highest BCUT2D eigenvalue weighted by Crippen LogP contribution is 2.43. The number of rotatable bonds is 16. The third kappa shape index (κ3) is 6.58. The molecule has 0 unspecified atom stereocenters. The van der Waals surface area contributed by atoms with Crippen molar-refractivity contribution >= 4 is 30.4 Å². The van der Waals surface area contributed by atoms with Crippen LogP contribution in [0, 0.1) is 0 Å². The number of nitrogens with zero attached hydrogens (tertiary/aromatic N) is 3. The van der Waals surface area contributed by atoms with E-state index in [0.717, 1.165) is 0 Å². The number of aromatic nitrogens is 2. The van der Waals surface area contributed by atoms with Gasteiger partial charge in [0.1, 0.15) is 16.5 Å². The molecule has 1 heterocycles. The summed E-state index contributed by atoms with van der Waals surface area (Å²) < 4.78 is 5.61. The van der Waals surface area contributed by atoms with Crippen LogP contribution in [0.1, 0.15) is 80.1 Å². The smallest absolute Gasteiger partial charge is 0.176 e. The molecule has 0 aliphatic rings. The summed E-state index contributed by atoms with van der Waals surface area (Å²) in [6, 6.07) is 8.74. The Kier molecular flexibility index (Phi) is 11.7. The highest BCUT2D eigenvalue weighted by Gasteiger charge is 2.49. The van der Waals surface area contributed by atoms with Crippen molar-refractivity contribution < 1.29 is 0 Å². The monoisotopic (exact) mass is 467 g/mol. The first-order chi connectivity index (χ1) is 14.2. The third-order valence-corrected chi connectivity index (χ3v) is 22.2. The summed E-state index contributed by atoms with van der Waals surface area (Å²) in [5.41, 5.74) is 1.52. The maximum absolute atomic E-state index is 4.98. The van der Waals surface area contributed by atoms with Crippen LogP contribution in [0.15, 0.2) is 12.4 Å². The molecule has 0 radical (unpaired) electrons. The topological polar surface area (TPSA) is 21.1 Å². The van der Waals surface area contributed by atoms with E-state index in [2.05, 4.69) is 82.2 Å². The van der Waals surface area contributed by atoms with Crippen LogP contribution in [-0.4, -0.2) is 34.2 Å². The lowest BCUT2D eigenvalue weighted by Gasteiger charge is -2.55. The molecule has 1 aromatic rings. The Morgan fingerprint density at radius 1 is 0.667 bits per heavy atom. The normalized spacial score (nSPS) is 13.1. The van der Waals surface area contributed by atoms with Gasteiger partial charge in [0, 0.05) is 6.20 Å². The molecule has 0 aliphatic carbocycles. The lowest BCUT2D eigenvalue weighted by atomic mass is 10.5. The van der Waals surface area contributed by atoms with Crippen molar-refractivity contribution in [2.75, 3.05) is 4.23 Å². The molecule has 0 aromatic carbocycles. The van der Waals surface area contributed by atoms with Crippen LogP contribution in [0.4, 0.5) is 5.69 Å². The van der Waals surface area contributed by atoms with E-state index in [1.807, 2.05) is 0 Å². The lowest BCUT2D eigenvalue weighted by Crippen LogP contribution is -2.67. The molecule has 6 heteroatoms. The minimum atomic E-state index is -1.60. The van der Waals surface area contributed by atoms with Crippen LogP contribution in [0.25, 0.3) is 0 Å². The van der Waals surface area contributed by atoms with Crippen LogP contribution < -0.4 is 4.23 Å². The Balaban J connectivity index is 3.80. The van der Waals surface area contributed by atoms with Gasteiger partial charge in [0.25, 0.3) is 0 Å². The molecule has 0 saturated carbocycles. The minimum absolute atomic E-state index is 1.33. The van der Waals surface area contributed by atoms with E-state index in [1.165, 1.54) is 80.5 Å². The van der Waals surface area contributed by atoms with Gasteiger partial charge in [-0.2, -0.15) is 5.10 Å². The van der Waals surface area contributed by atoms with Crippen LogP contribution in [0.5, 0.6) is 0 Å². The molecular formula is C24H53N3Si3. The molecule has 1 rings (SSSR count). The Hall–Kier alpha value is -0.339. The highest BCUT2D eigenvalue weighted by molar-refractivity contribution is 7.02. The molecule has 0 atom stereocenters. The standard InChI is InChI=1S/C24H53N3Si3/c1-10-16-29(17-11-2,18-12-3)27(24-22-25-26(23-24)28(7,8)9)30(19-13-4,20-14-5)21-15-6/h22-23H,10-21H2,1-9H3. The second kappa shape index (κ2) is 12.6. The first-order valence-corrected chi connectivity index (χ1v) is 21.6. The first kappa shape index (κ1) is 27.7. The Labute approximate surface area is 192 Å². The average molecular weight is 468 g/mol. The van der Waals surface area contributed by atoms with Crippen molar-refractivity contribution in [1.82, 2.24) is 9.45 Å². The molecule has 0 bridgehead atoms. The summed E-state index contributed by atoms with van der Waals surface area (Å²) in [6.45, 7) is 21.8. The van der Waals surface area contributed by atoms with E-state index in [9.17, 15) is 0 Å². The summed E-state index contributed by atoms with van der Waals surface area (Å²) in [6.07, 6.45) is 12.8. The molecule has 1 aromatic heterocycles. The molecule has 176 valence electrons. The Morgan fingerprint density at radius 2 is 1.00 bits per heavy atom. The first-order valence-electron chi connectivity index (χ1n) is 13.1. The molecule has 0 spiro atoms. The molecule has 0 N–H and O–H groups in total. The van der Waals surface area contributed by atoms with Crippen LogP contribution in [0.3, 0.4) is 0 Å². The van der Waals surface area contributed by atoms with Crippen molar-refractivity contribution in [3.8, 4) is 0 Å². The van der Waals surface area contributed by atoms with Gasteiger partial charge in [0.05, 0.1) is 11.9 Å². The van der Waals surface area contributed by atoms with Gasteiger partial charge in [-0.25, -0.2) is 0 Å². The van der Waals surface area contributed by atoms with Crippen molar-refractivity contribution in [2.45, 2.75) is 136 Å². The predicted molar refractivity (Wildman–Crippen MR) is 146 cm³/mol. The summed E-state index contributed by atoms with van der Waals surface area (Å²) in [5, 5.41) is 4.98. The molecule has 0 amide bonds. The zero-order chi connectivity index (χ0) is 22.8. The summed E-state index contributed by atoms with van der Waals surface area (Å²) >= 11 is 0. The van der Waals surface area contributed by atoms with E-state index < -0.39 is 24.7 Å². The van der Waals surface area contributed by atoms with Crippen LogP contribution >= 0.6 is 0 Å². The van der Waals surface area contributed by atoms with Gasteiger partial charge < -0.3 is 4.23 Å². The zero-order valence-electron chi connectivity index (χ0n) is 22.0. The van der Waals surface area contributed by atoms with E-state index in [-0.39, 0.29) is 0 Å². The molecular weight excluding hydrogens is 415 g/mol. The summed E-state index contributed by atoms with van der Waals surface area (Å²) in [7, 11) is -4.68. The van der Waals surface area contributed by atoms with Crippen molar-refractivity contribution in [3.63, 3.8) is 0 Å². The van der Waals surface area contributed by atoms with Gasteiger partial charge in [-0.1, -0.05) is 80.1 Å². The summed E-state index contributed by atoms with van der Waals surface area (Å²) in [5.74, 6) is 0. The van der Waals surface area contributed by atoms with Gasteiger partial charge in [-0.05, 0) is 55.9 Å². The molecule has 0 aliphatic heterocycles. The van der Waals surface area contributed by atoms with Gasteiger partial charge in [0.15, 0.2) is 8.24 Å². The average Bonchev–Trinajstić information content (AvgIpc) is 3.13. The van der Waals surface area contributed by atoms with Crippen LogP contribution in [0.2, 0.25) is 55.9 Å². The van der Waals surface area contributed by atoms with Gasteiger partial charge >= 0.3 is 0 Å². The van der Waals surface area contributed by atoms with Gasteiger partial charge in [0.2, 0.25) is 0 Å². The maximum Gasteiger partial charge on any atom is 0.176 e. The second-order valence-electron chi connectivity index (χ2n) is 10.6. The fourth-order valence-corrected chi connectivity index (χ4v) is 22.8. The fraction of sp³-hybridized carbons (Fsp3) is 0.875.